The van der Waals surface area contributed by atoms with Crippen LogP contribution < -0.4 is 11.1 Å². The molecule has 5 heteroatoms. The molecule has 0 spiro atoms. The standard InChI is InChI=1S/C15H21FN2OS/c1-20-13-4-2-3-12(8-13)18-9-11-6-5-10(15(17)19)7-14(11)16/h5-7,12-13,18H,2-4,8-9H2,1H3,(H2,17,19). The molecule has 0 radical (unpaired) electrons. The van der Waals surface area contributed by atoms with Crippen molar-refractivity contribution in [1.82, 2.24) is 5.32 Å². The van der Waals surface area contributed by atoms with Crippen molar-refractivity contribution in [2.45, 2.75) is 43.5 Å². The van der Waals surface area contributed by atoms with Crippen molar-refractivity contribution < 1.29 is 9.18 Å². The summed E-state index contributed by atoms with van der Waals surface area (Å²) in [5, 5.41) is 4.13. The van der Waals surface area contributed by atoms with Crippen LogP contribution in [-0.4, -0.2) is 23.5 Å². The first kappa shape index (κ1) is 15.3. The van der Waals surface area contributed by atoms with E-state index in [1.54, 1.807) is 12.1 Å². The average Bonchev–Trinajstić information content (AvgIpc) is 2.46. The Morgan fingerprint density at radius 3 is 2.95 bits per heavy atom. The van der Waals surface area contributed by atoms with Gasteiger partial charge in [-0.1, -0.05) is 12.5 Å². The summed E-state index contributed by atoms with van der Waals surface area (Å²) in [7, 11) is 0. The highest BCUT2D eigenvalue weighted by atomic mass is 32.2. The van der Waals surface area contributed by atoms with Gasteiger partial charge >= 0.3 is 0 Å². The molecular weight excluding hydrogens is 275 g/mol. The molecule has 0 bridgehead atoms. The summed E-state index contributed by atoms with van der Waals surface area (Å²) in [6.45, 7) is 0.497. The second-order valence-corrected chi connectivity index (χ2v) is 6.41. The summed E-state index contributed by atoms with van der Waals surface area (Å²) in [5.74, 6) is -0.968. The van der Waals surface area contributed by atoms with Gasteiger partial charge in [0.2, 0.25) is 5.91 Å². The van der Waals surface area contributed by atoms with Crippen LogP contribution in [0.2, 0.25) is 0 Å². The Labute approximate surface area is 123 Å². The van der Waals surface area contributed by atoms with E-state index in [2.05, 4.69) is 11.6 Å². The number of rotatable bonds is 5. The Hall–Kier alpha value is -1.07. The van der Waals surface area contributed by atoms with E-state index < -0.39 is 5.91 Å². The van der Waals surface area contributed by atoms with Crippen LogP contribution in [0.25, 0.3) is 0 Å². The maximum atomic E-state index is 13.9. The van der Waals surface area contributed by atoms with E-state index in [1.807, 2.05) is 11.8 Å². The van der Waals surface area contributed by atoms with Gasteiger partial charge in [-0.15, -0.1) is 0 Å². The highest BCUT2D eigenvalue weighted by Gasteiger charge is 2.21. The number of amides is 1. The second kappa shape index (κ2) is 7.09. The molecule has 110 valence electrons. The van der Waals surface area contributed by atoms with E-state index in [0.717, 1.165) is 12.8 Å². The fourth-order valence-electron chi connectivity index (χ4n) is 2.64. The molecule has 1 fully saturated rings. The van der Waals surface area contributed by atoms with E-state index in [0.29, 0.717) is 23.4 Å². The summed E-state index contributed by atoms with van der Waals surface area (Å²) in [4.78, 5) is 11.0. The lowest BCUT2D eigenvalue weighted by Crippen LogP contribution is -2.34. The van der Waals surface area contributed by atoms with Crippen LogP contribution >= 0.6 is 11.8 Å². The molecule has 0 aromatic heterocycles. The fraction of sp³-hybridized carbons (Fsp3) is 0.533. The average molecular weight is 296 g/mol. The largest absolute Gasteiger partial charge is 0.366 e. The van der Waals surface area contributed by atoms with Gasteiger partial charge in [0.15, 0.2) is 0 Å². The van der Waals surface area contributed by atoms with Gasteiger partial charge in [-0.2, -0.15) is 11.8 Å². The number of hydrogen-bond acceptors (Lipinski definition) is 3. The molecule has 1 aliphatic rings. The van der Waals surface area contributed by atoms with Crippen LogP contribution in [0.5, 0.6) is 0 Å². The quantitative estimate of drug-likeness (QED) is 0.878. The third-order valence-electron chi connectivity index (χ3n) is 3.88. The van der Waals surface area contributed by atoms with Crippen molar-refractivity contribution in [1.29, 1.82) is 0 Å². The van der Waals surface area contributed by atoms with Crippen LogP contribution in [0.3, 0.4) is 0 Å². The van der Waals surface area contributed by atoms with Gasteiger partial charge < -0.3 is 11.1 Å². The van der Waals surface area contributed by atoms with E-state index in [-0.39, 0.29) is 11.4 Å². The molecule has 2 atom stereocenters. The predicted molar refractivity (Wildman–Crippen MR) is 81.3 cm³/mol. The number of nitrogens with one attached hydrogen (secondary N) is 1. The molecule has 1 aromatic rings. The summed E-state index contributed by atoms with van der Waals surface area (Å²) in [6.07, 6.45) is 6.95. The molecule has 3 N–H and O–H groups in total. The molecule has 0 aliphatic heterocycles. The molecule has 2 unspecified atom stereocenters. The van der Waals surface area contributed by atoms with Crippen molar-refractivity contribution in [2.24, 2.45) is 5.73 Å². The number of hydrogen-bond donors (Lipinski definition) is 2. The number of nitrogens with two attached hydrogens (primary N) is 1. The normalized spacial score (nSPS) is 22.7. The van der Waals surface area contributed by atoms with Crippen LogP contribution in [0.4, 0.5) is 4.39 Å². The molecule has 1 saturated carbocycles. The highest BCUT2D eigenvalue weighted by Crippen LogP contribution is 2.27. The monoisotopic (exact) mass is 296 g/mol. The van der Waals surface area contributed by atoms with Gasteiger partial charge in [-0.25, -0.2) is 4.39 Å². The maximum absolute atomic E-state index is 13.9. The first-order valence-corrected chi connectivity index (χ1v) is 8.23. The van der Waals surface area contributed by atoms with Gasteiger partial charge in [0.1, 0.15) is 5.82 Å². The number of benzene rings is 1. The lowest BCUT2D eigenvalue weighted by molar-refractivity contribution is 0.1000. The van der Waals surface area contributed by atoms with Crippen LogP contribution in [0, 0.1) is 5.82 Å². The molecule has 1 aliphatic carbocycles. The van der Waals surface area contributed by atoms with E-state index in [4.69, 9.17) is 5.73 Å². The number of carbonyl (C=O) groups is 1. The van der Waals surface area contributed by atoms with Crippen LogP contribution in [-0.2, 0) is 6.54 Å². The lowest BCUT2D eigenvalue weighted by atomic mass is 9.94. The van der Waals surface area contributed by atoms with Crippen molar-refractivity contribution in [3.8, 4) is 0 Å². The van der Waals surface area contributed by atoms with E-state index in [9.17, 15) is 9.18 Å². The summed E-state index contributed by atoms with van der Waals surface area (Å²) in [5.41, 5.74) is 5.93. The number of halogens is 1. The first-order valence-electron chi connectivity index (χ1n) is 6.94. The fourth-order valence-corrected chi connectivity index (χ4v) is 3.47. The van der Waals surface area contributed by atoms with Crippen LogP contribution in [0.15, 0.2) is 18.2 Å². The first-order chi connectivity index (χ1) is 9.60. The molecule has 0 saturated heterocycles. The Kier molecular flexibility index (Phi) is 5.43. The van der Waals surface area contributed by atoms with Crippen molar-refractivity contribution in [3.05, 3.63) is 35.1 Å². The molecular formula is C15H21FN2OS. The Morgan fingerprint density at radius 2 is 2.30 bits per heavy atom. The summed E-state index contributed by atoms with van der Waals surface area (Å²) >= 11 is 1.91. The second-order valence-electron chi connectivity index (χ2n) is 5.27. The van der Waals surface area contributed by atoms with Crippen molar-refractivity contribution in [2.75, 3.05) is 6.26 Å². The van der Waals surface area contributed by atoms with Gasteiger partial charge in [0, 0.05) is 29.0 Å². The van der Waals surface area contributed by atoms with E-state index in [1.165, 1.54) is 18.9 Å². The SMILES string of the molecule is CSC1CCCC(NCc2ccc(C(N)=O)cc2F)C1. The van der Waals surface area contributed by atoms with E-state index >= 15 is 0 Å². The Balaban J connectivity index is 1.92. The summed E-state index contributed by atoms with van der Waals surface area (Å²) < 4.78 is 13.9. The minimum Gasteiger partial charge on any atom is -0.366 e. The molecule has 20 heavy (non-hydrogen) atoms. The lowest BCUT2D eigenvalue weighted by Gasteiger charge is -2.28. The van der Waals surface area contributed by atoms with Crippen LogP contribution in [0.1, 0.15) is 41.6 Å². The van der Waals surface area contributed by atoms with Crippen molar-refractivity contribution in [3.63, 3.8) is 0 Å². The smallest absolute Gasteiger partial charge is 0.248 e. The number of thioether (sulfide) groups is 1. The predicted octanol–water partition coefficient (Wildman–Crippen LogP) is 2.69. The zero-order chi connectivity index (χ0) is 14.5. The minimum absolute atomic E-state index is 0.214. The van der Waals surface area contributed by atoms with Crippen molar-refractivity contribution >= 4 is 17.7 Å². The third-order valence-corrected chi connectivity index (χ3v) is 4.97. The molecule has 3 nitrogen and oxygen atoms in total. The van der Waals surface area contributed by atoms with Gasteiger partial charge in [0.25, 0.3) is 0 Å². The van der Waals surface area contributed by atoms with Gasteiger partial charge in [0.05, 0.1) is 0 Å². The topological polar surface area (TPSA) is 55.1 Å². The highest BCUT2D eigenvalue weighted by molar-refractivity contribution is 7.99. The number of carbonyl (C=O) groups excluding carboxylic acids is 1. The molecule has 1 amide bonds. The Bertz CT molecular complexity index is 481. The van der Waals surface area contributed by atoms with Gasteiger partial charge in [-0.05, 0) is 37.7 Å². The molecule has 0 heterocycles. The molecule has 1 aromatic carbocycles. The summed E-state index contributed by atoms with van der Waals surface area (Å²) in [6, 6.07) is 4.88. The maximum Gasteiger partial charge on any atom is 0.248 e. The number of primary amides is 1. The Morgan fingerprint density at radius 1 is 1.50 bits per heavy atom. The zero-order valence-electron chi connectivity index (χ0n) is 11.7. The zero-order valence-corrected chi connectivity index (χ0v) is 12.5. The third kappa shape index (κ3) is 3.96. The minimum atomic E-state index is -0.599. The molecule has 2 rings (SSSR count). The van der Waals surface area contributed by atoms with Gasteiger partial charge in [-0.3, -0.25) is 4.79 Å².